The van der Waals surface area contributed by atoms with E-state index in [1.165, 1.54) is 6.07 Å². The van der Waals surface area contributed by atoms with Gasteiger partial charge in [0.1, 0.15) is 11.5 Å². The van der Waals surface area contributed by atoms with Crippen molar-refractivity contribution in [1.82, 2.24) is 0 Å². The summed E-state index contributed by atoms with van der Waals surface area (Å²) in [5, 5.41) is 19.9. The summed E-state index contributed by atoms with van der Waals surface area (Å²) in [6.07, 6.45) is -0.288. The van der Waals surface area contributed by atoms with Crippen molar-refractivity contribution in [3.63, 3.8) is 0 Å². The summed E-state index contributed by atoms with van der Waals surface area (Å²) < 4.78 is 5.09. The molecule has 0 aromatic heterocycles. The maximum Gasteiger partial charge on any atom is 0.121 e. The minimum absolute atomic E-state index is 0.0826. The molecule has 3 heteroatoms. The lowest BCUT2D eigenvalue weighted by molar-refractivity contribution is 0.174. The van der Waals surface area contributed by atoms with Gasteiger partial charge in [0.15, 0.2) is 0 Å². The number of ether oxygens (including phenoxy) is 1. The van der Waals surface area contributed by atoms with Crippen molar-refractivity contribution in [3.8, 4) is 11.5 Å². The first-order valence-electron chi connectivity index (χ1n) is 5.79. The van der Waals surface area contributed by atoms with Gasteiger partial charge in [-0.1, -0.05) is 30.3 Å². The molecule has 0 aliphatic rings. The molecule has 0 bridgehead atoms. The van der Waals surface area contributed by atoms with E-state index in [-0.39, 0.29) is 5.75 Å². The van der Waals surface area contributed by atoms with Gasteiger partial charge in [0.25, 0.3) is 0 Å². The van der Waals surface area contributed by atoms with Crippen molar-refractivity contribution in [1.29, 1.82) is 0 Å². The summed E-state index contributed by atoms with van der Waals surface area (Å²) in [6.45, 7) is 0. The van der Waals surface area contributed by atoms with Gasteiger partial charge in [-0.2, -0.15) is 0 Å². The molecule has 2 aromatic carbocycles. The molecule has 0 spiro atoms. The highest BCUT2D eigenvalue weighted by molar-refractivity contribution is 5.41. The van der Waals surface area contributed by atoms with E-state index >= 15 is 0 Å². The molecule has 0 aliphatic carbocycles. The van der Waals surface area contributed by atoms with Gasteiger partial charge in [0.05, 0.1) is 13.2 Å². The molecule has 0 heterocycles. The quantitative estimate of drug-likeness (QED) is 0.869. The zero-order valence-corrected chi connectivity index (χ0v) is 10.2. The number of aliphatic hydroxyl groups excluding tert-OH is 1. The molecule has 94 valence electrons. The zero-order valence-electron chi connectivity index (χ0n) is 10.2. The molecule has 1 unspecified atom stereocenters. The van der Waals surface area contributed by atoms with Gasteiger partial charge < -0.3 is 14.9 Å². The molecule has 0 amide bonds. The molecule has 0 radical (unpaired) electrons. The van der Waals surface area contributed by atoms with Gasteiger partial charge in [0.2, 0.25) is 0 Å². The van der Waals surface area contributed by atoms with E-state index in [1.54, 1.807) is 19.2 Å². The second-order valence-corrected chi connectivity index (χ2v) is 4.13. The second-order valence-electron chi connectivity index (χ2n) is 4.13. The average Bonchev–Trinajstić information content (AvgIpc) is 2.40. The Morgan fingerprint density at radius 3 is 2.50 bits per heavy atom. The fraction of sp³-hybridized carbons (Fsp3) is 0.200. The van der Waals surface area contributed by atoms with Gasteiger partial charge in [-0.25, -0.2) is 0 Å². The van der Waals surface area contributed by atoms with Crippen molar-refractivity contribution in [2.45, 2.75) is 12.5 Å². The summed E-state index contributed by atoms with van der Waals surface area (Å²) >= 11 is 0. The van der Waals surface area contributed by atoms with Crippen LogP contribution in [0.3, 0.4) is 0 Å². The minimum Gasteiger partial charge on any atom is -0.508 e. The van der Waals surface area contributed by atoms with Gasteiger partial charge in [0, 0.05) is 12.0 Å². The number of methoxy groups -OCH3 is 1. The van der Waals surface area contributed by atoms with Gasteiger partial charge in [-0.15, -0.1) is 0 Å². The predicted molar refractivity (Wildman–Crippen MR) is 69.8 cm³/mol. The van der Waals surface area contributed by atoms with Crippen molar-refractivity contribution in [2.75, 3.05) is 7.11 Å². The van der Waals surface area contributed by atoms with Gasteiger partial charge in [-0.3, -0.25) is 0 Å². The van der Waals surface area contributed by atoms with E-state index in [2.05, 4.69) is 0 Å². The van der Waals surface area contributed by atoms with E-state index in [1.807, 2.05) is 30.3 Å². The first-order valence-corrected chi connectivity index (χ1v) is 5.79. The first kappa shape index (κ1) is 12.5. The van der Waals surface area contributed by atoms with Crippen molar-refractivity contribution in [3.05, 3.63) is 59.7 Å². The van der Waals surface area contributed by atoms with E-state index in [4.69, 9.17) is 4.74 Å². The Morgan fingerprint density at radius 1 is 1.11 bits per heavy atom. The first-order chi connectivity index (χ1) is 8.70. The normalized spacial score (nSPS) is 12.1. The largest absolute Gasteiger partial charge is 0.508 e. The molecule has 0 saturated carbocycles. The Kier molecular flexibility index (Phi) is 3.85. The highest BCUT2D eigenvalue weighted by atomic mass is 16.5. The lowest BCUT2D eigenvalue weighted by Gasteiger charge is -2.14. The summed E-state index contributed by atoms with van der Waals surface area (Å²) in [5.74, 6) is 0.703. The number of hydrogen-bond donors (Lipinski definition) is 2. The molecule has 2 aromatic rings. The highest BCUT2D eigenvalue weighted by Crippen LogP contribution is 2.30. The summed E-state index contributed by atoms with van der Waals surface area (Å²) in [7, 11) is 1.56. The molecule has 0 saturated heterocycles. The Bertz CT molecular complexity index is 508. The highest BCUT2D eigenvalue weighted by Gasteiger charge is 2.14. The van der Waals surface area contributed by atoms with Crippen LogP contribution in [0.4, 0.5) is 0 Å². The van der Waals surface area contributed by atoms with Crippen LogP contribution in [0.15, 0.2) is 48.5 Å². The number of aliphatic hydroxyl groups is 1. The molecule has 2 rings (SSSR count). The van der Waals surface area contributed by atoms with Crippen LogP contribution in [0, 0.1) is 0 Å². The monoisotopic (exact) mass is 244 g/mol. The Morgan fingerprint density at radius 2 is 1.83 bits per heavy atom. The van der Waals surface area contributed by atoms with Crippen LogP contribution in [0.5, 0.6) is 11.5 Å². The molecule has 3 nitrogen and oxygen atoms in total. The van der Waals surface area contributed by atoms with Crippen LogP contribution in [-0.2, 0) is 6.42 Å². The number of phenols is 1. The molecule has 18 heavy (non-hydrogen) atoms. The molecule has 0 aliphatic heterocycles. The van der Waals surface area contributed by atoms with E-state index in [0.717, 1.165) is 5.56 Å². The molecular formula is C15H16O3. The third-order valence-corrected chi connectivity index (χ3v) is 2.87. The van der Waals surface area contributed by atoms with Crippen LogP contribution in [-0.4, -0.2) is 17.3 Å². The molecular weight excluding hydrogens is 228 g/mol. The third kappa shape index (κ3) is 2.81. The fourth-order valence-corrected chi connectivity index (χ4v) is 1.87. The summed E-state index contributed by atoms with van der Waals surface area (Å²) in [5.41, 5.74) is 1.51. The summed E-state index contributed by atoms with van der Waals surface area (Å²) in [6, 6.07) is 14.5. The number of aromatic hydroxyl groups is 1. The molecule has 1 atom stereocenters. The SMILES string of the molecule is COc1ccc(O)c(C(O)Cc2ccccc2)c1. The standard InChI is InChI=1S/C15H16O3/c1-18-12-7-8-14(16)13(10-12)15(17)9-11-5-3-2-4-6-11/h2-8,10,15-17H,9H2,1H3. The van der Waals surface area contributed by atoms with E-state index < -0.39 is 6.10 Å². The number of phenolic OH excluding ortho intramolecular Hbond substituents is 1. The topological polar surface area (TPSA) is 49.7 Å². The Hall–Kier alpha value is -2.00. The molecule has 0 fully saturated rings. The van der Waals surface area contributed by atoms with Crippen LogP contribution < -0.4 is 4.74 Å². The number of rotatable bonds is 4. The van der Waals surface area contributed by atoms with Crippen molar-refractivity contribution in [2.24, 2.45) is 0 Å². The maximum atomic E-state index is 10.2. The van der Waals surface area contributed by atoms with Crippen LogP contribution in [0.1, 0.15) is 17.2 Å². The minimum atomic E-state index is -0.748. The second kappa shape index (κ2) is 5.56. The van der Waals surface area contributed by atoms with Crippen LogP contribution in [0.25, 0.3) is 0 Å². The van der Waals surface area contributed by atoms with Gasteiger partial charge >= 0.3 is 0 Å². The zero-order chi connectivity index (χ0) is 13.0. The Labute approximate surface area is 106 Å². The smallest absolute Gasteiger partial charge is 0.121 e. The van der Waals surface area contributed by atoms with Crippen LogP contribution >= 0.6 is 0 Å². The Balaban J connectivity index is 2.20. The lowest BCUT2D eigenvalue weighted by Crippen LogP contribution is -2.02. The number of benzene rings is 2. The van der Waals surface area contributed by atoms with Crippen LogP contribution in [0.2, 0.25) is 0 Å². The van der Waals surface area contributed by atoms with E-state index in [9.17, 15) is 10.2 Å². The predicted octanol–water partition coefficient (Wildman–Crippen LogP) is 2.68. The van der Waals surface area contributed by atoms with E-state index in [0.29, 0.717) is 17.7 Å². The fourth-order valence-electron chi connectivity index (χ4n) is 1.87. The van der Waals surface area contributed by atoms with Crippen molar-refractivity contribution >= 4 is 0 Å². The number of hydrogen-bond acceptors (Lipinski definition) is 3. The average molecular weight is 244 g/mol. The molecule has 2 N–H and O–H groups in total. The van der Waals surface area contributed by atoms with Crippen molar-refractivity contribution < 1.29 is 14.9 Å². The summed E-state index contributed by atoms with van der Waals surface area (Å²) in [4.78, 5) is 0. The lowest BCUT2D eigenvalue weighted by atomic mass is 10.0. The maximum absolute atomic E-state index is 10.2. The van der Waals surface area contributed by atoms with Gasteiger partial charge in [-0.05, 0) is 23.8 Å². The third-order valence-electron chi connectivity index (χ3n) is 2.87.